The van der Waals surface area contributed by atoms with Crippen LogP contribution in [-0.4, -0.2) is 37.2 Å². The molecule has 314 valence electrons. The quantitative estimate of drug-likeness (QED) is 0.0268. The number of hydrogen-bond donors (Lipinski definition) is 0. The standard InChI is InChI=1S/C49H82O6/c1-4-7-10-13-16-19-22-24-25-28-30-33-36-39-42-48(51)54-45-46(44-53-47(50)41-38-35-32-29-26-21-18-15-12-9-6-3)55-49(52)43-40-37-34-31-27-23-20-17-14-11-8-5-2/h7,9-10,12,16-21,29,32,46H,4-6,8,11,13-15,22-28,30-31,33-45H2,1-3H3/b10-7-,12-9-,19-16-,20-17-,21-18-,32-29-. The monoisotopic (exact) mass is 767 g/mol. The lowest BCUT2D eigenvalue weighted by molar-refractivity contribution is -0.167. The van der Waals surface area contributed by atoms with E-state index in [1.54, 1.807) is 0 Å². The first-order valence-electron chi connectivity index (χ1n) is 22.4. The molecule has 0 radical (unpaired) electrons. The molecular weight excluding hydrogens is 685 g/mol. The average Bonchev–Trinajstić information content (AvgIpc) is 3.18. The van der Waals surface area contributed by atoms with E-state index in [4.69, 9.17) is 14.2 Å². The number of carbonyl (C=O) groups excluding carboxylic acids is 3. The van der Waals surface area contributed by atoms with Crippen molar-refractivity contribution in [3.05, 3.63) is 72.9 Å². The molecule has 0 heterocycles. The lowest BCUT2D eigenvalue weighted by Gasteiger charge is -2.18. The number of esters is 3. The molecule has 6 heteroatoms. The lowest BCUT2D eigenvalue weighted by atomic mass is 10.1. The minimum absolute atomic E-state index is 0.0996. The number of allylic oxidation sites excluding steroid dienone is 12. The Morgan fingerprint density at radius 1 is 0.382 bits per heavy atom. The van der Waals surface area contributed by atoms with Gasteiger partial charge in [0, 0.05) is 19.3 Å². The molecule has 0 fully saturated rings. The minimum Gasteiger partial charge on any atom is -0.462 e. The summed E-state index contributed by atoms with van der Waals surface area (Å²) in [7, 11) is 0. The fourth-order valence-corrected chi connectivity index (χ4v) is 5.85. The zero-order valence-electron chi connectivity index (χ0n) is 35.7. The van der Waals surface area contributed by atoms with E-state index >= 15 is 0 Å². The van der Waals surface area contributed by atoms with Crippen LogP contribution in [0.1, 0.15) is 201 Å². The van der Waals surface area contributed by atoms with Gasteiger partial charge in [0.2, 0.25) is 0 Å². The maximum atomic E-state index is 12.7. The predicted octanol–water partition coefficient (Wildman–Crippen LogP) is 14.3. The van der Waals surface area contributed by atoms with Gasteiger partial charge in [0.25, 0.3) is 0 Å². The highest BCUT2D eigenvalue weighted by molar-refractivity contribution is 5.71. The van der Waals surface area contributed by atoms with E-state index in [1.165, 1.54) is 57.8 Å². The van der Waals surface area contributed by atoms with Gasteiger partial charge in [-0.25, -0.2) is 0 Å². The Kier molecular flexibility index (Phi) is 41.1. The number of unbranched alkanes of at least 4 members (excludes halogenated alkanes) is 16. The number of ether oxygens (including phenoxy) is 3. The Hall–Kier alpha value is -3.15. The minimum atomic E-state index is -0.800. The molecule has 0 aromatic heterocycles. The molecule has 0 aliphatic heterocycles. The van der Waals surface area contributed by atoms with Crippen molar-refractivity contribution in [2.24, 2.45) is 0 Å². The summed E-state index contributed by atoms with van der Waals surface area (Å²) in [6, 6.07) is 0. The summed E-state index contributed by atoms with van der Waals surface area (Å²) in [6.07, 6.45) is 53.2. The number of hydrogen-bond acceptors (Lipinski definition) is 6. The van der Waals surface area contributed by atoms with Crippen LogP contribution in [0.3, 0.4) is 0 Å². The van der Waals surface area contributed by atoms with Crippen LogP contribution in [0, 0.1) is 0 Å². The van der Waals surface area contributed by atoms with Crippen LogP contribution in [0.25, 0.3) is 0 Å². The first kappa shape index (κ1) is 51.9. The van der Waals surface area contributed by atoms with E-state index in [2.05, 4.69) is 93.7 Å². The zero-order chi connectivity index (χ0) is 40.1. The molecular formula is C49H82O6. The van der Waals surface area contributed by atoms with E-state index in [9.17, 15) is 14.4 Å². The molecule has 6 nitrogen and oxygen atoms in total. The molecule has 0 saturated heterocycles. The summed E-state index contributed by atoms with van der Waals surface area (Å²) in [5, 5.41) is 0. The lowest BCUT2D eigenvalue weighted by Crippen LogP contribution is -2.30. The molecule has 0 aliphatic carbocycles. The third kappa shape index (κ3) is 41.8. The van der Waals surface area contributed by atoms with Crippen molar-refractivity contribution >= 4 is 17.9 Å². The molecule has 0 aromatic carbocycles. The van der Waals surface area contributed by atoms with Crippen molar-refractivity contribution in [2.45, 2.75) is 207 Å². The Bertz CT molecular complexity index is 1070. The number of rotatable bonds is 39. The zero-order valence-corrected chi connectivity index (χ0v) is 35.7. The van der Waals surface area contributed by atoms with Crippen molar-refractivity contribution in [1.29, 1.82) is 0 Å². The van der Waals surface area contributed by atoms with E-state index in [0.29, 0.717) is 19.3 Å². The normalized spacial score (nSPS) is 12.7. The molecule has 0 amide bonds. The molecule has 0 spiro atoms. The fraction of sp³-hybridized carbons (Fsp3) is 0.694. The molecule has 1 atom stereocenters. The van der Waals surface area contributed by atoms with Crippen molar-refractivity contribution < 1.29 is 28.6 Å². The second-order valence-electron chi connectivity index (χ2n) is 14.5. The van der Waals surface area contributed by atoms with Crippen molar-refractivity contribution in [3.63, 3.8) is 0 Å². The maximum absolute atomic E-state index is 12.7. The average molecular weight is 767 g/mol. The van der Waals surface area contributed by atoms with E-state index in [-0.39, 0.29) is 37.5 Å². The van der Waals surface area contributed by atoms with Gasteiger partial charge in [-0.15, -0.1) is 0 Å². The third-order valence-electron chi connectivity index (χ3n) is 9.18. The molecule has 0 saturated carbocycles. The summed E-state index contributed by atoms with van der Waals surface area (Å²) >= 11 is 0. The van der Waals surface area contributed by atoms with Crippen molar-refractivity contribution in [3.8, 4) is 0 Å². The van der Waals surface area contributed by atoms with Crippen LogP contribution in [0.4, 0.5) is 0 Å². The van der Waals surface area contributed by atoms with Gasteiger partial charge in [-0.3, -0.25) is 14.4 Å². The highest BCUT2D eigenvalue weighted by Crippen LogP contribution is 2.13. The summed E-state index contributed by atoms with van der Waals surface area (Å²) in [5.74, 6) is -0.980. The molecule has 0 rings (SSSR count). The van der Waals surface area contributed by atoms with Gasteiger partial charge in [0.05, 0.1) is 0 Å². The van der Waals surface area contributed by atoms with Crippen LogP contribution in [0.5, 0.6) is 0 Å². The predicted molar refractivity (Wildman–Crippen MR) is 233 cm³/mol. The van der Waals surface area contributed by atoms with Crippen molar-refractivity contribution in [2.75, 3.05) is 13.2 Å². The van der Waals surface area contributed by atoms with Gasteiger partial charge in [-0.1, -0.05) is 158 Å². The molecule has 0 N–H and O–H groups in total. The smallest absolute Gasteiger partial charge is 0.306 e. The van der Waals surface area contributed by atoms with E-state index in [1.807, 2.05) is 0 Å². The summed E-state index contributed by atoms with van der Waals surface area (Å²) in [6.45, 7) is 6.30. The highest BCUT2D eigenvalue weighted by atomic mass is 16.6. The summed E-state index contributed by atoms with van der Waals surface area (Å²) in [5.41, 5.74) is 0. The van der Waals surface area contributed by atoms with Gasteiger partial charge in [-0.05, 0) is 96.3 Å². The van der Waals surface area contributed by atoms with E-state index < -0.39 is 6.10 Å². The molecule has 0 aliphatic rings. The number of carbonyl (C=O) groups is 3. The first-order valence-corrected chi connectivity index (χ1v) is 22.4. The Morgan fingerprint density at radius 2 is 0.727 bits per heavy atom. The van der Waals surface area contributed by atoms with Crippen molar-refractivity contribution in [1.82, 2.24) is 0 Å². The second-order valence-corrected chi connectivity index (χ2v) is 14.5. The largest absolute Gasteiger partial charge is 0.462 e. The first-order chi connectivity index (χ1) is 27.0. The van der Waals surface area contributed by atoms with Crippen LogP contribution in [0.15, 0.2) is 72.9 Å². The topological polar surface area (TPSA) is 78.9 Å². The maximum Gasteiger partial charge on any atom is 0.306 e. The van der Waals surface area contributed by atoms with Gasteiger partial charge in [0.15, 0.2) is 6.10 Å². The molecule has 1 unspecified atom stereocenters. The van der Waals surface area contributed by atoms with Crippen LogP contribution >= 0.6 is 0 Å². The van der Waals surface area contributed by atoms with Gasteiger partial charge in [-0.2, -0.15) is 0 Å². The van der Waals surface area contributed by atoms with Crippen LogP contribution in [-0.2, 0) is 28.6 Å². The Labute approximate surface area is 338 Å². The Balaban J connectivity index is 4.46. The third-order valence-corrected chi connectivity index (χ3v) is 9.18. The van der Waals surface area contributed by atoms with Gasteiger partial charge < -0.3 is 14.2 Å². The fourth-order valence-electron chi connectivity index (χ4n) is 5.85. The van der Waals surface area contributed by atoms with Gasteiger partial charge >= 0.3 is 17.9 Å². The highest BCUT2D eigenvalue weighted by Gasteiger charge is 2.19. The Morgan fingerprint density at radius 3 is 1.20 bits per heavy atom. The molecule has 0 bridgehead atoms. The van der Waals surface area contributed by atoms with Gasteiger partial charge in [0.1, 0.15) is 13.2 Å². The van der Waals surface area contributed by atoms with E-state index in [0.717, 1.165) is 96.3 Å². The second kappa shape index (κ2) is 43.6. The molecule has 0 aromatic rings. The van der Waals surface area contributed by atoms with Crippen LogP contribution < -0.4 is 0 Å². The SMILES string of the molecule is CC/C=C\C/C=C\C/C=C\CCCC(=O)OCC(COC(=O)CCCCCCCCC/C=C\C/C=C\CC)OC(=O)CCCCCCC/C=C\CCCCC. The summed E-state index contributed by atoms with van der Waals surface area (Å²) in [4.78, 5) is 37.7. The summed E-state index contributed by atoms with van der Waals surface area (Å²) < 4.78 is 16.6. The molecule has 55 heavy (non-hydrogen) atoms. The van der Waals surface area contributed by atoms with Crippen LogP contribution in [0.2, 0.25) is 0 Å².